The normalized spacial score (nSPS) is 27.4. The van der Waals surface area contributed by atoms with E-state index in [9.17, 15) is 14.4 Å². The molecule has 2 amide bonds. The highest BCUT2D eigenvalue weighted by Crippen LogP contribution is 2.49. The first kappa shape index (κ1) is 18.0. The molecule has 1 aromatic heterocycles. The van der Waals surface area contributed by atoms with Crippen molar-refractivity contribution >= 4 is 40.3 Å². The molecule has 0 aliphatic carbocycles. The fraction of sp³-hybridized carbons (Fsp3) is 0.364. The number of pyridine rings is 1. The van der Waals surface area contributed by atoms with E-state index < -0.39 is 17.9 Å². The number of aromatic nitrogens is 1. The van der Waals surface area contributed by atoms with Gasteiger partial charge in [0.2, 0.25) is 11.8 Å². The summed E-state index contributed by atoms with van der Waals surface area (Å²) < 4.78 is 5.05. The zero-order valence-corrected chi connectivity index (χ0v) is 16.2. The number of carbonyl (C=O) groups is 3. The van der Waals surface area contributed by atoms with Crippen molar-refractivity contribution in [1.29, 1.82) is 0 Å². The molecule has 7 nitrogen and oxygen atoms in total. The molecule has 29 heavy (non-hydrogen) atoms. The molecule has 5 rings (SSSR count). The lowest BCUT2D eigenvalue weighted by molar-refractivity contribution is -0.141. The smallest absolute Gasteiger partial charge is 0.235 e. The van der Waals surface area contributed by atoms with E-state index >= 15 is 0 Å². The van der Waals surface area contributed by atoms with Gasteiger partial charge in [-0.3, -0.25) is 24.3 Å². The Morgan fingerprint density at radius 1 is 1.17 bits per heavy atom. The van der Waals surface area contributed by atoms with Crippen molar-refractivity contribution in [2.45, 2.75) is 19.0 Å². The quantitative estimate of drug-likeness (QED) is 0.738. The molecule has 4 heterocycles. The molecule has 3 aliphatic rings. The number of ketones is 1. The van der Waals surface area contributed by atoms with Crippen LogP contribution in [0.4, 0.5) is 5.69 Å². The van der Waals surface area contributed by atoms with Crippen LogP contribution in [0.15, 0.2) is 36.5 Å². The summed E-state index contributed by atoms with van der Waals surface area (Å²) in [5, 5.41) is 0.957. The Bertz CT molecular complexity index is 1080. The van der Waals surface area contributed by atoms with E-state index in [1.165, 1.54) is 18.9 Å². The third-order valence-electron chi connectivity index (χ3n) is 6.26. The van der Waals surface area contributed by atoms with Crippen molar-refractivity contribution in [2.75, 3.05) is 25.2 Å². The van der Waals surface area contributed by atoms with Crippen molar-refractivity contribution in [1.82, 2.24) is 9.88 Å². The van der Waals surface area contributed by atoms with Gasteiger partial charge in [-0.15, -0.1) is 0 Å². The molecule has 0 spiro atoms. The van der Waals surface area contributed by atoms with Crippen LogP contribution >= 0.6 is 0 Å². The van der Waals surface area contributed by atoms with Gasteiger partial charge in [-0.05, 0) is 18.6 Å². The van der Waals surface area contributed by atoms with Gasteiger partial charge < -0.3 is 9.64 Å². The first-order valence-electron chi connectivity index (χ1n) is 9.73. The van der Waals surface area contributed by atoms with Gasteiger partial charge in [-0.2, -0.15) is 0 Å². The van der Waals surface area contributed by atoms with E-state index in [1.807, 2.05) is 41.3 Å². The summed E-state index contributed by atoms with van der Waals surface area (Å²) in [4.78, 5) is 46.9. The number of hydrogen-bond donors (Lipinski definition) is 0. The molecule has 0 bridgehead atoms. The molecule has 2 saturated heterocycles. The van der Waals surface area contributed by atoms with Crippen LogP contribution in [0.3, 0.4) is 0 Å². The van der Waals surface area contributed by atoms with Crippen molar-refractivity contribution in [3.8, 4) is 0 Å². The lowest BCUT2D eigenvalue weighted by Gasteiger charge is -2.36. The second kappa shape index (κ2) is 6.49. The highest BCUT2D eigenvalue weighted by atomic mass is 16.5. The number of nitrogens with zero attached hydrogens (tertiary/aromatic N) is 3. The van der Waals surface area contributed by atoms with E-state index in [0.29, 0.717) is 0 Å². The predicted octanol–water partition coefficient (Wildman–Crippen LogP) is 1.66. The van der Waals surface area contributed by atoms with E-state index in [2.05, 4.69) is 4.98 Å². The zero-order valence-electron chi connectivity index (χ0n) is 16.2. The maximum Gasteiger partial charge on any atom is 0.235 e. The Morgan fingerprint density at radius 2 is 1.97 bits per heavy atom. The van der Waals surface area contributed by atoms with Crippen LogP contribution in [0.1, 0.15) is 12.5 Å². The Morgan fingerprint density at radius 3 is 2.72 bits per heavy atom. The van der Waals surface area contributed by atoms with Crippen LogP contribution in [0.2, 0.25) is 0 Å². The number of amides is 2. The van der Waals surface area contributed by atoms with E-state index in [0.717, 1.165) is 22.2 Å². The second-order valence-corrected chi connectivity index (χ2v) is 7.76. The molecule has 148 valence electrons. The van der Waals surface area contributed by atoms with Crippen LogP contribution in [0.25, 0.3) is 17.0 Å². The molecular formula is C22H21N3O4. The van der Waals surface area contributed by atoms with Gasteiger partial charge in [-0.1, -0.05) is 30.4 Å². The van der Waals surface area contributed by atoms with Gasteiger partial charge in [0.25, 0.3) is 0 Å². The molecule has 0 radical (unpaired) electrons. The maximum atomic E-state index is 13.2. The molecule has 2 aromatic rings. The minimum atomic E-state index is -0.690. The van der Waals surface area contributed by atoms with Gasteiger partial charge in [0, 0.05) is 18.7 Å². The number of Topliss-reactive ketones (excluding diaryl/α,β-unsaturated/α-hetero) is 1. The number of rotatable bonds is 4. The van der Waals surface area contributed by atoms with E-state index in [-0.39, 0.29) is 36.8 Å². The average Bonchev–Trinajstić information content (AvgIpc) is 3.19. The van der Waals surface area contributed by atoms with Gasteiger partial charge in [0.05, 0.1) is 42.2 Å². The minimum Gasteiger partial charge on any atom is -0.383 e. The summed E-state index contributed by atoms with van der Waals surface area (Å²) >= 11 is 0. The van der Waals surface area contributed by atoms with Crippen molar-refractivity contribution in [3.63, 3.8) is 0 Å². The van der Waals surface area contributed by atoms with E-state index in [1.54, 1.807) is 6.20 Å². The standard InChI is InChI=1S/C22H21N3O4/c1-12(26)19-17-16(21(27)24(22(17)28)10-11-29-2)15-8-7-14-6-5-13-4-3-9-23-18(13)20(14)25(15)19/h3-9,15-17,19H,10-11H2,1-2H3/t15-,16-,17+,19-/m1/s1. The minimum absolute atomic E-state index is 0.119. The van der Waals surface area contributed by atoms with Crippen LogP contribution in [-0.2, 0) is 19.1 Å². The third-order valence-corrected chi connectivity index (χ3v) is 6.26. The van der Waals surface area contributed by atoms with Crippen molar-refractivity contribution < 1.29 is 19.1 Å². The molecule has 4 atom stereocenters. The molecule has 2 fully saturated rings. The maximum absolute atomic E-state index is 13.2. The molecule has 1 aromatic carbocycles. The third kappa shape index (κ3) is 2.40. The van der Waals surface area contributed by atoms with E-state index in [4.69, 9.17) is 4.74 Å². The van der Waals surface area contributed by atoms with Gasteiger partial charge in [0.1, 0.15) is 6.04 Å². The summed E-state index contributed by atoms with van der Waals surface area (Å²) in [7, 11) is 1.53. The van der Waals surface area contributed by atoms with Crippen LogP contribution < -0.4 is 4.90 Å². The van der Waals surface area contributed by atoms with Gasteiger partial charge in [0.15, 0.2) is 5.78 Å². The molecule has 0 N–H and O–H groups in total. The first-order valence-corrected chi connectivity index (χ1v) is 9.73. The molecule has 0 saturated carbocycles. The van der Waals surface area contributed by atoms with Crippen molar-refractivity contribution in [3.05, 3.63) is 42.1 Å². The second-order valence-electron chi connectivity index (χ2n) is 7.76. The summed E-state index contributed by atoms with van der Waals surface area (Å²) in [6.07, 6.45) is 5.64. The SMILES string of the molecule is COCCN1C(=O)[C@H]2[C@H](C1=O)[C@@H](C(C)=O)N1c3c(ccc4cccnc34)C=C[C@H]21. The monoisotopic (exact) mass is 391 g/mol. The first-order chi connectivity index (χ1) is 14.0. The fourth-order valence-corrected chi connectivity index (χ4v) is 5.10. The largest absolute Gasteiger partial charge is 0.383 e. The summed E-state index contributed by atoms with van der Waals surface area (Å²) in [5.74, 6) is -1.88. The number of hydrogen-bond acceptors (Lipinski definition) is 6. The Labute approximate surface area is 167 Å². The highest BCUT2D eigenvalue weighted by molar-refractivity contribution is 6.12. The zero-order chi connectivity index (χ0) is 20.3. The number of anilines is 1. The molecule has 7 heteroatoms. The lowest BCUT2D eigenvalue weighted by Crippen LogP contribution is -2.48. The molecular weight excluding hydrogens is 370 g/mol. The Hall–Kier alpha value is -3.06. The average molecular weight is 391 g/mol. The number of likely N-dealkylation sites (tertiary alicyclic amines) is 1. The van der Waals surface area contributed by atoms with Crippen molar-refractivity contribution in [2.24, 2.45) is 11.8 Å². The Balaban J connectivity index is 1.67. The fourth-order valence-electron chi connectivity index (χ4n) is 5.10. The summed E-state index contributed by atoms with van der Waals surface area (Å²) in [6, 6.07) is 6.79. The van der Waals surface area contributed by atoms with Gasteiger partial charge in [-0.25, -0.2) is 0 Å². The Kier molecular flexibility index (Phi) is 4.03. The molecule has 0 unspecified atom stereocenters. The van der Waals surface area contributed by atoms with Gasteiger partial charge >= 0.3 is 0 Å². The molecule has 3 aliphatic heterocycles. The lowest BCUT2D eigenvalue weighted by atomic mass is 9.88. The number of methoxy groups -OCH3 is 1. The topological polar surface area (TPSA) is 79.8 Å². The van der Waals surface area contributed by atoms with Crippen LogP contribution in [0, 0.1) is 11.8 Å². The number of imide groups is 1. The number of ether oxygens (including phenoxy) is 1. The highest BCUT2D eigenvalue weighted by Gasteiger charge is 2.63. The number of carbonyl (C=O) groups excluding carboxylic acids is 3. The van der Waals surface area contributed by atoms with Crippen LogP contribution in [0.5, 0.6) is 0 Å². The summed E-state index contributed by atoms with van der Waals surface area (Å²) in [5.41, 5.74) is 2.55. The summed E-state index contributed by atoms with van der Waals surface area (Å²) in [6.45, 7) is 1.99. The predicted molar refractivity (Wildman–Crippen MR) is 107 cm³/mol. The number of fused-ring (bicyclic) bond motifs is 7. The number of benzene rings is 1. The van der Waals surface area contributed by atoms with Crippen LogP contribution in [-0.4, -0.2) is 59.8 Å².